The van der Waals surface area contributed by atoms with Crippen molar-refractivity contribution >= 4 is 22.4 Å². The van der Waals surface area contributed by atoms with Gasteiger partial charge in [-0.3, -0.25) is 4.79 Å². The van der Waals surface area contributed by atoms with Gasteiger partial charge >= 0.3 is 0 Å². The SMILES string of the molecule is C=C(C(=O)Cl)c1cccc(O)c1O. The molecule has 0 aromatic heterocycles. The Morgan fingerprint density at radius 3 is 2.54 bits per heavy atom. The monoisotopic (exact) mass is 198 g/mol. The summed E-state index contributed by atoms with van der Waals surface area (Å²) < 4.78 is 0. The van der Waals surface area contributed by atoms with Crippen LogP contribution in [-0.4, -0.2) is 15.5 Å². The molecule has 0 spiro atoms. The number of phenolic OH excluding ortho intramolecular Hbond substituents is 2. The number of carbonyl (C=O) groups is 1. The Hall–Kier alpha value is -1.48. The molecule has 13 heavy (non-hydrogen) atoms. The summed E-state index contributed by atoms with van der Waals surface area (Å²) in [5.74, 6) is -0.696. The van der Waals surface area contributed by atoms with Crippen LogP contribution in [0.2, 0.25) is 0 Å². The van der Waals surface area contributed by atoms with Crippen LogP contribution in [0.5, 0.6) is 11.5 Å². The van der Waals surface area contributed by atoms with Gasteiger partial charge in [0, 0.05) is 11.1 Å². The number of allylic oxidation sites excluding steroid dienone is 1. The highest BCUT2D eigenvalue weighted by Crippen LogP contribution is 2.33. The topological polar surface area (TPSA) is 57.5 Å². The van der Waals surface area contributed by atoms with E-state index in [0.717, 1.165) is 0 Å². The largest absolute Gasteiger partial charge is 0.504 e. The molecule has 68 valence electrons. The first-order valence-electron chi connectivity index (χ1n) is 3.44. The van der Waals surface area contributed by atoms with Crippen LogP contribution in [-0.2, 0) is 4.79 Å². The first-order chi connectivity index (χ1) is 6.04. The third kappa shape index (κ3) is 1.81. The smallest absolute Gasteiger partial charge is 0.252 e. The Kier molecular flexibility index (Phi) is 2.58. The average molecular weight is 199 g/mol. The van der Waals surface area contributed by atoms with Crippen LogP contribution in [0.3, 0.4) is 0 Å². The molecule has 0 unspecified atom stereocenters. The van der Waals surface area contributed by atoms with Gasteiger partial charge in [-0.15, -0.1) is 0 Å². The second-order valence-corrected chi connectivity index (χ2v) is 2.77. The second kappa shape index (κ2) is 3.49. The zero-order valence-corrected chi connectivity index (χ0v) is 7.38. The predicted molar refractivity (Wildman–Crippen MR) is 49.7 cm³/mol. The van der Waals surface area contributed by atoms with E-state index in [1.807, 2.05) is 0 Å². The van der Waals surface area contributed by atoms with Gasteiger partial charge in [-0.05, 0) is 17.7 Å². The quantitative estimate of drug-likeness (QED) is 0.433. The lowest BCUT2D eigenvalue weighted by atomic mass is 10.1. The van der Waals surface area contributed by atoms with Gasteiger partial charge in [0.1, 0.15) is 0 Å². The summed E-state index contributed by atoms with van der Waals surface area (Å²) in [5.41, 5.74) is 0.0927. The van der Waals surface area contributed by atoms with E-state index in [1.165, 1.54) is 18.2 Å². The van der Waals surface area contributed by atoms with Gasteiger partial charge in [-0.25, -0.2) is 0 Å². The molecule has 0 fully saturated rings. The average Bonchev–Trinajstić information content (AvgIpc) is 2.08. The summed E-state index contributed by atoms with van der Waals surface area (Å²) in [4.78, 5) is 10.7. The van der Waals surface area contributed by atoms with Crippen molar-refractivity contribution in [3.63, 3.8) is 0 Å². The van der Waals surface area contributed by atoms with Crippen molar-refractivity contribution in [3.05, 3.63) is 30.3 Å². The maximum Gasteiger partial charge on any atom is 0.252 e. The van der Waals surface area contributed by atoms with Gasteiger partial charge in [-0.1, -0.05) is 18.7 Å². The highest BCUT2D eigenvalue weighted by Gasteiger charge is 2.12. The standard InChI is InChI=1S/C9H7ClO3/c1-5(9(10)13)6-3-2-4-7(11)8(6)12/h2-4,11-12H,1H2. The number of benzene rings is 1. The zero-order valence-electron chi connectivity index (χ0n) is 6.62. The minimum atomic E-state index is -0.763. The number of aromatic hydroxyl groups is 2. The molecule has 3 nitrogen and oxygen atoms in total. The van der Waals surface area contributed by atoms with Crippen molar-refractivity contribution in [1.82, 2.24) is 0 Å². The lowest BCUT2D eigenvalue weighted by Gasteiger charge is -2.04. The number of carbonyl (C=O) groups excluding carboxylic acids is 1. The van der Waals surface area contributed by atoms with Crippen LogP contribution in [0, 0.1) is 0 Å². The summed E-state index contributed by atoms with van der Waals surface area (Å²) >= 11 is 5.16. The van der Waals surface area contributed by atoms with Gasteiger partial charge in [0.2, 0.25) is 0 Å². The van der Waals surface area contributed by atoms with Crippen molar-refractivity contribution in [2.75, 3.05) is 0 Å². The number of rotatable bonds is 2. The molecule has 1 rings (SSSR count). The van der Waals surface area contributed by atoms with Crippen molar-refractivity contribution in [3.8, 4) is 11.5 Å². The Morgan fingerprint density at radius 1 is 1.38 bits per heavy atom. The summed E-state index contributed by atoms with van der Waals surface area (Å²) in [7, 11) is 0. The van der Waals surface area contributed by atoms with E-state index in [-0.39, 0.29) is 22.6 Å². The predicted octanol–water partition coefficient (Wildman–Crippen LogP) is 1.88. The molecule has 1 aromatic rings. The fraction of sp³-hybridized carbons (Fsp3) is 0. The molecule has 0 radical (unpaired) electrons. The van der Waals surface area contributed by atoms with Crippen LogP contribution in [0.25, 0.3) is 5.57 Å². The molecule has 0 bridgehead atoms. The van der Waals surface area contributed by atoms with Gasteiger partial charge in [0.15, 0.2) is 11.5 Å². The van der Waals surface area contributed by atoms with Crippen LogP contribution < -0.4 is 0 Å². The molecule has 0 heterocycles. The second-order valence-electron chi connectivity index (χ2n) is 2.43. The molecule has 0 aliphatic heterocycles. The Bertz CT molecular complexity index is 371. The van der Waals surface area contributed by atoms with E-state index >= 15 is 0 Å². The third-order valence-corrected chi connectivity index (χ3v) is 1.81. The number of hydrogen-bond acceptors (Lipinski definition) is 3. The lowest BCUT2D eigenvalue weighted by molar-refractivity contribution is -0.106. The van der Waals surface area contributed by atoms with Crippen LogP contribution >= 0.6 is 11.6 Å². The molecule has 0 aliphatic carbocycles. The summed E-state index contributed by atoms with van der Waals surface area (Å²) in [5, 5.41) is 17.6. The fourth-order valence-corrected chi connectivity index (χ4v) is 0.983. The van der Waals surface area contributed by atoms with Gasteiger partial charge in [-0.2, -0.15) is 0 Å². The van der Waals surface area contributed by atoms with Crippen molar-refractivity contribution in [2.24, 2.45) is 0 Å². The lowest BCUT2D eigenvalue weighted by Crippen LogP contribution is -1.91. The summed E-state index contributed by atoms with van der Waals surface area (Å²) in [6.07, 6.45) is 0. The van der Waals surface area contributed by atoms with Crippen molar-refractivity contribution in [2.45, 2.75) is 0 Å². The molecule has 2 N–H and O–H groups in total. The first-order valence-corrected chi connectivity index (χ1v) is 3.82. The summed E-state index contributed by atoms with van der Waals surface area (Å²) in [6.45, 7) is 3.37. The highest BCUT2D eigenvalue weighted by molar-refractivity contribution is 6.74. The van der Waals surface area contributed by atoms with E-state index in [4.69, 9.17) is 16.7 Å². The van der Waals surface area contributed by atoms with Crippen molar-refractivity contribution < 1.29 is 15.0 Å². The highest BCUT2D eigenvalue weighted by atomic mass is 35.5. The van der Waals surface area contributed by atoms with Crippen LogP contribution in [0.1, 0.15) is 5.56 Å². The molecular weight excluding hydrogens is 192 g/mol. The fourth-order valence-electron chi connectivity index (χ4n) is 0.881. The Labute approximate surface area is 79.9 Å². The van der Waals surface area contributed by atoms with E-state index in [9.17, 15) is 9.90 Å². The first kappa shape index (κ1) is 9.61. The van der Waals surface area contributed by atoms with Gasteiger partial charge < -0.3 is 10.2 Å². The number of hydrogen-bond donors (Lipinski definition) is 2. The maximum atomic E-state index is 10.7. The van der Waals surface area contributed by atoms with Crippen LogP contribution in [0.15, 0.2) is 24.8 Å². The Balaban J connectivity index is 3.23. The minimum absolute atomic E-state index is 0.0462. The maximum absolute atomic E-state index is 10.7. The Morgan fingerprint density at radius 2 is 2.00 bits per heavy atom. The molecule has 0 saturated heterocycles. The van der Waals surface area contributed by atoms with E-state index < -0.39 is 5.24 Å². The summed E-state index contributed by atoms with van der Waals surface area (Å²) in [6, 6.07) is 4.22. The molecule has 0 atom stereocenters. The molecular formula is C9H7ClO3. The third-order valence-electron chi connectivity index (χ3n) is 1.58. The normalized spacial score (nSPS) is 9.62. The van der Waals surface area contributed by atoms with Crippen molar-refractivity contribution in [1.29, 1.82) is 0 Å². The molecule has 4 heteroatoms. The van der Waals surface area contributed by atoms with E-state index in [1.54, 1.807) is 0 Å². The number of phenols is 2. The van der Waals surface area contributed by atoms with E-state index in [0.29, 0.717) is 0 Å². The molecule has 1 aromatic carbocycles. The van der Waals surface area contributed by atoms with Gasteiger partial charge in [0.05, 0.1) is 0 Å². The minimum Gasteiger partial charge on any atom is -0.504 e. The van der Waals surface area contributed by atoms with Crippen LogP contribution in [0.4, 0.5) is 0 Å². The molecule has 0 aliphatic rings. The van der Waals surface area contributed by atoms with Gasteiger partial charge in [0.25, 0.3) is 5.24 Å². The number of para-hydroxylation sites is 1. The molecule has 0 amide bonds. The number of halogens is 1. The van der Waals surface area contributed by atoms with E-state index in [2.05, 4.69) is 6.58 Å². The zero-order chi connectivity index (χ0) is 10.0. The molecule has 0 saturated carbocycles.